The monoisotopic (exact) mass is 326 g/mol. The van der Waals surface area contributed by atoms with Gasteiger partial charge in [-0.05, 0) is 37.0 Å². The number of piperidine rings is 1. The molecule has 0 spiro atoms. The first-order chi connectivity index (χ1) is 9.22. The average molecular weight is 327 g/mol. The molecule has 1 aliphatic rings. The van der Waals surface area contributed by atoms with Crippen LogP contribution in [-0.2, 0) is 17.8 Å². The molecule has 1 fully saturated rings. The van der Waals surface area contributed by atoms with Crippen LogP contribution in [0.1, 0.15) is 30.9 Å². The van der Waals surface area contributed by atoms with Crippen LogP contribution in [0.4, 0.5) is 0 Å². The van der Waals surface area contributed by atoms with Crippen LogP contribution in [0.5, 0.6) is 0 Å². The zero-order chi connectivity index (χ0) is 13.7. The minimum absolute atomic E-state index is 0.462. The van der Waals surface area contributed by atoms with Gasteiger partial charge in [0, 0.05) is 37.3 Å². The highest BCUT2D eigenvalue weighted by atomic mass is 79.9. The third-order valence-electron chi connectivity index (χ3n) is 3.68. The topological polar surface area (TPSA) is 38.5 Å². The third-order valence-corrected chi connectivity index (χ3v) is 4.42. The number of benzene rings is 1. The van der Waals surface area contributed by atoms with Crippen molar-refractivity contribution in [1.82, 2.24) is 4.90 Å². The molecular weight excluding hydrogens is 304 g/mol. The SMILES string of the molecule is CCOC1CCN(Cc2ccc(CN)cc2Br)CC1. The van der Waals surface area contributed by atoms with Gasteiger partial charge in [-0.15, -0.1) is 0 Å². The molecule has 0 atom stereocenters. The van der Waals surface area contributed by atoms with Crippen molar-refractivity contribution in [1.29, 1.82) is 0 Å². The number of likely N-dealkylation sites (tertiary alicyclic amines) is 1. The van der Waals surface area contributed by atoms with Gasteiger partial charge in [-0.3, -0.25) is 4.90 Å². The van der Waals surface area contributed by atoms with E-state index >= 15 is 0 Å². The van der Waals surface area contributed by atoms with Crippen LogP contribution < -0.4 is 5.73 Å². The van der Waals surface area contributed by atoms with Crippen LogP contribution in [0, 0.1) is 0 Å². The number of halogens is 1. The summed E-state index contributed by atoms with van der Waals surface area (Å²) < 4.78 is 6.85. The number of ether oxygens (including phenoxy) is 1. The summed E-state index contributed by atoms with van der Waals surface area (Å²) in [5.74, 6) is 0. The second-order valence-electron chi connectivity index (χ2n) is 5.06. The van der Waals surface area contributed by atoms with Crippen LogP contribution in [0.2, 0.25) is 0 Å². The highest BCUT2D eigenvalue weighted by Crippen LogP contribution is 2.22. The number of hydrogen-bond donors (Lipinski definition) is 1. The summed E-state index contributed by atoms with van der Waals surface area (Å²) >= 11 is 3.64. The van der Waals surface area contributed by atoms with Gasteiger partial charge in [0.25, 0.3) is 0 Å². The van der Waals surface area contributed by atoms with Gasteiger partial charge < -0.3 is 10.5 Å². The quantitative estimate of drug-likeness (QED) is 0.904. The predicted octanol–water partition coefficient (Wildman–Crippen LogP) is 2.91. The van der Waals surface area contributed by atoms with Gasteiger partial charge in [-0.25, -0.2) is 0 Å². The largest absolute Gasteiger partial charge is 0.378 e. The molecule has 0 saturated carbocycles. The van der Waals surface area contributed by atoms with Crippen molar-refractivity contribution < 1.29 is 4.74 Å². The lowest BCUT2D eigenvalue weighted by molar-refractivity contribution is 0.0125. The first kappa shape index (κ1) is 15.0. The van der Waals surface area contributed by atoms with Crippen LogP contribution in [0.15, 0.2) is 22.7 Å². The maximum atomic E-state index is 5.69. The summed E-state index contributed by atoms with van der Waals surface area (Å²) in [6.45, 7) is 6.74. The van der Waals surface area contributed by atoms with Crippen LogP contribution in [0.3, 0.4) is 0 Å². The van der Waals surface area contributed by atoms with Gasteiger partial charge in [0.05, 0.1) is 6.10 Å². The molecule has 0 aromatic heterocycles. The van der Waals surface area contributed by atoms with Crippen molar-refractivity contribution in [3.8, 4) is 0 Å². The van der Waals surface area contributed by atoms with E-state index in [0.717, 1.165) is 39.1 Å². The van der Waals surface area contributed by atoms with E-state index in [9.17, 15) is 0 Å². The fourth-order valence-corrected chi connectivity index (χ4v) is 3.11. The molecule has 0 bridgehead atoms. The molecule has 1 heterocycles. The molecule has 0 radical (unpaired) electrons. The molecule has 106 valence electrons. The highest BCUT2D eigenvalue weighted by molar-refractivity contribution is 9.10. The Labute approximate surface area is 124 Å². The van der Waals surface area contributed by atoms with Crippen molar-refractivity contribution in [2.45, 2.75) is 39.0 Å². The second kappa shape index (κ2) is 7.39. The van der Waals surface area contributed by atoms with Gasteiger partial charge in [0.2, 0.25) is 0 Å². The average Bonchev–Trinajstić information content (AvgIpc) is 2.43. The number of nitrogens with two attached hydrogens (primary N) is 1. The normalized spacial score (nSPS) is 17.8. The summed E-state index contributed by atoms with van der Waals surface area (Å²) in [5, 5.41) is 0. The first-order valence-corrected chi connectivity index (χ1v) is 7.83. The molecule has 1 saturated heterocycles. The van der Waals surface area contributed by atoms with E-state index in [1.165, 1.54) is 15.6 Å². The Morgan fingerprint density at radius 1 is 1.37 bits per heavy atom. The van der Waals surface area contributed by atoms with Gasteiger partial charge in [-0.2, -0.15) is 0 Å². The van der Waals surface area contributed by atoms with Crippen LogP contribution >= 0.6 is 15.9 Å². The minimum Gasteiger partial charge on any atom is -0.378 e. The van der Waals surface area contributed by atoms with Crippen LogP contribution in [-0.4, -0.2) is 30.7 Å². The number of hydrogen-bond acceptors (Lipinski definition) is 3. The lowest BCUT2D eigenvalue weighted by Gasteiger charge is -2.32. The van der Waals surface area contributed by atoms with E-state index in [2.05, 4.69) is 46.0 Å². The summed E-state index contributed by atoms with van der Waals surface area (Å²) in [6.07, 6.45) is 2.75. The van der Waals surface area contributed by atoms with Gasteiger partial charge in [-0.1, -0.05) is 28.1 Å². The molecule has 1 aromatic rings. The second-order valence-corrected chi connectivity index (χ2v) is 5.92. The fraction of sp³-hybridized carbons (Fsp3) is 0.600. The Hall–Kier alpha value is -0.420. The first-order valence-electron chi connectivity index (χ1n) is 7.04. The molecular formula is C15H23BrN2O. The Morgan fingerprint density at radius 2 is 2.11 bits per heavy atom. The third kappa shape index (κ3) is 4.28. The van der Waals surface area contributed by atoms with Crippen molar-refractivity contribution >= 4 is 15.9 Å². The number of nitrogens with zero attached hydrogens (tertiary/aromatic N) is 1. The molecule has 2 rings (SSSR count). The molecule has 3 nitrogen and oxygen atoms in total. The van der Waals surface area contributed by atoms with Crippen LogP contribution in [0.25, 0.3) is 0 Å². The van der Waals surface area contributed by atoms with E-state index in [0.29, 0.717) is 12.6 Å². The van der Waals surface area contributed by atoms with E-state index in [-0.39, 0.29) is 0 Å². The van der Waals surface area contributed by atoms with E-state index in [1.807, 2.05) is 0 Å². The maximum Gasteiger partial charge on any atom is 0.0599 e. The number of rotatable bonds is 5. The lowest BCUT2D eigenvalue weighted by Crippen LogP contribution is -2.36. The van der Waals surface area contributed by atoms with Crippen molar-refractivity contribution in [3.63, 3.8) is 0 Å². The smallest absolute Gasteiger partial charge is 0.0599 e. The Morgan fingerprint density at radius 3 is 2.68 bits per heavy atom. The summed E-state index contributed by atoms with van der Waals surface area (Å²) in [5.41, 5.74) is 8.16. The predicted molar refractivity (Wildman–Crippen MR) is 82.0 cm³/mol. The summed E-state index contributed by atoms with van der Waals surface area (Å²) in [6, 6.07) is 6.43. The molecule has 0 aliphatic carbocycles. The zero-order valence-corrected chi connectivity index (χ0v) is 13.2. The molecule has 19 heavy (non-hydrogen) atoms. The van der Waals surface area contributed by atoms with Crippen molar-refractivity contribution in [2.24, 2.45) is 5.73 Å². The fourth-order valence-electron chi connectivity index (χ4n) is 2.56. The van der Waals surface area contributed by atoms with Crippen molar-refractivity contribution in [2.75, 3.05) is 19.7 Å². The Kier molecular flexibility index (Phi) is 5.82. The Balaban J connectivity index is 1.88. The molecule has 1 aliphatic heterocycles. The molecule has 0 unspecified atom stereocenters. The standard InChI is InChI=1S/C15H23BrN2O/c1-2-19-14-5-7-18(8-6-14)11-13-4-3-12(10-17)9-15(13)16/h3-4,9,14H,2,5-8,10-11,17H2,1H3. The van der Waals surface area contributed by atoms with E-state index in [4.69, 9.17) is 10.5 Å². The van der Waals surface area contributed by atoms with Gasteiger partial charge in [0.15, 0.2) is 0 Å². The minimum atomic E-state index is 0.462. The van der Waals surface area contributed by atoms with E-state index < -0.39 is 0 Å². The maximum absolute atomic E-state index is 5.69. The molecule has 2 N–H and O–H groups in total. The summed E-state index contributed by atoms with van der Waals surface area (Å²) in [4.78, 5) is 2.50. The molecule has 4 heteroatoms. The van der Waals surface area contributed by atoms with Gasteiger partial charge in [0.1, 0.15) is 0 Å². The summed E-state index contributed by atoms with van der Waals surface area (Å²) in [7, 11) is 0. The highest BCUT2D eigenvalue weighted by Gasteiger charge is 2.19. The van der Waals surface area contributed by atoms with Crippen molar-refractivity contribution in [3.05, 3.63) is 33.8 Å². The molecule has 0 amide bonds. The van der Waals surface area contributed by atoms with E-state index in [1.54, 1.807) is 0 Å². The zero-order valence-electron chi connectivity index (χ0n) is 11.6. The Bertz CT molecular complexity index is 403. The molecule has 1 aromatic carbocycles. The van der Waals surface area contributed by atoms with Gasteiger partial charge >= 0.3 is 0 Å². The lowest BCUT2D eigenvalue weighted by atomic mass is 10.1.